The minimum Gasteiger partial charge on any atom is -0.339 e. The number of amides is 1. The quantitative estimate of drug-likeness (QED) is 0.647. The maximum Gasteiger partial charge on any atom is 0.278 e. The average molecular weight is 374 g/mol. The lowest BCUT2D eigenvalue weighted by Gasteiger charge is -2.20. The van der Waals surface area contributed by atoms with Crippen LogP contribution in [0.3, 0.4) is 0 Å². The Morgan fingerprint density at radius 2 is 1.79 bits per heavy atom. The Hall–Kier alpha value is -3.54. The molecule has 0 radical (unpaired) electrons. The molecule has 0 bridgehead atoms. The van der Waals surface area contributed by atoms with Crippen LogP contribution in [0.2, 0.25) is 0 Å². The third-order valence-corrected chi connectivity index (χ3v) is 4.30. The topological polar surface area (TPSA) is 75.2 Å². The summed E-state index contributed by atoms with van der Waals surface area (Å²) >= 11 is 0. The first kappa shape index (κ1) is 19.2. The van der Waals surface area contributed by atoms with Gasteiger partial charge in [-0.3, -0.25) is 9.59 Å². The molecule has 0 unspecified atom stereocenters. The molecular formula is C22H22N4O2. The number of ketones is 1. The Kier molecular flexibility index (Phi) is 5.79. The summed E-state index contributed by atoms with van der Waals surface area (Å²) < 4.78 is 0. The van der Waals surface area contributed by atoms with Crippen molar-refractivity contribution < 1.29 is 9.59 Å². The van der Waals surface area contributed by atoms with Crippen LogP contribution in [0, 0.1) is 6.92 Å². The van der Waals surface area contributed by atoms with Crippen LogP contribution in [0.15, 0.2) is 60.7 Å². The number of Topliss-reactive ketones (excluding diaryl/α,β-unsaturated/α-hetero) is 1. The summed E-state index contributed by atoms with van der Waals surface area (Å²) in [5.74, 6) is 0.285. The summed E-state index contributed by atoms with van der Waals surface area (Å²) in [7, 11) is 0. The van der Waals surface area contributed by atoms with Gasteiger partial charge in [0.25, 0.3) is 5.91 Å². The van der Waals surface area contributed by atoms with E-state index in [9.17, 15) is 9.59 Å². The van der Waals surface area contributed by atoms with Gasteiger partial charge >= 0.3 is 0 Å². The van der Waals surface area contributed by atoms with E-state index < -0.39 is 0 Å². The second-order valence-corrected chi connectivity index (χ2v) is 6.45. The normalized spacial score (nSPS) is 10.4. The highest BCUT2D eigenvalue weighted by molar-refractivity contribution is 6.04. The predicted molar refractivity (Wildman–Crippen MR) is 110 cm³/mol. The summed E-state index contributed by atoms with van der Waals surface area (Å²) in [6.45, 7) is 5.96. The maximum absolute atomic E-state index is 12.8. The van der Waals surface area contributed by atoms with Gasteiger partial charge in [0.05, 0.1) is 0 Å². The standard InChI is InChI=1S/C22H22N4O2/c1-4-26(19-10-5-7-15(2)13-19)22(28)20-11-12-21(25-24-20)23-18-9-6-8-17(14-18)16(3)27/h5-14H,4H2,1-3H3,(H,23,25). The number of nitrogens with zero attached hydrogens (tertiary/aromatic N) is 3. The van der Waals surface area contributed by atoms with Crippen molar-refractivity contribution in [3.8, 4) is 0 Å². The molecule has 0 aliphatic heterocycles. The van der Waals surface area contributed by atoms with Crippen LogP contribution >= 0.6 is 0 Å². The van der Waals surface area contributed by atoms with Gasteiger partial charge in [0, 0.05) is 23.5 Å². The molecule has 0 saturated heterocycles. The van der Waals surface area contributed by atoms with Gasteiger partial charge in [-0.25, -0.2) is 0 Å². The summed E-state index contributed by atoms with van der Waals surface area (Å²) in [5, 5.41) is 11.3. The van der Waals surface area contributed by atoms with Gasteiger partial charge in [-0.1, -0.05) is 24.3 Å². The number of rotatable bonds is 6. The van der Waals surface area contributed by atoms with E-state index in [1.54, 1.807) is 35.2 Å². The molecule has 1 N–H and O–H groups in total. The zero-order valence-corrected chi connectivity index (χ0v) is 16.1. The summed E-state index contributed by atoms with van der Waals surface area (Å²) in [6, 6.07) is 18.3. The minimum atomic E-state index is -0.203. The number of hydrogen-bond donors (Lipinski definition) is 1. The molecule has 142 valence electrons. The van der Waals surface area contributed by atoms with Crippen LogP contribution in [0.25, 0.3) is 0 Å². The molecule has 0 atom stereocenters. The van der Waals surface area contributed by atoms with Crippen molar-refractivity contribution in [3.63, 3.8) is 0 Å². The third kappa shape index (κ3) is 4.40. The van der Waals surface area contributed by atoms with E-state index in [1.807, 2.05) is 44.2 Å². The largest absolute Gasteiger partial charge is 0.339 e. The molecule has 6 heteroatoms. The fraction of sp³-hybridized carbons (Fsp3) is 0.182. The van der Waals surface area contributed by atoms with Crippen LogP contribution < -0.4 is 10.2 Å². The van der Waals surface area contributed by atoms with Crippen LogP contribution in [-0.4, -0.2) is 28.4 Å². The Labute approximate surface area is 164 Å². The smallest absolute Gasteiger partial charge is 0.278 e. The highest BCUT2D eigenvalue weighted by Crippen LogP contribution is 2.19. The van der Waals surface area contributed by atoms with E-state index in [0.29, 0.717) is 17.9 Å². The molecule has 0 saturated carbocycles. The molecule has 1 aromatic heterocycles. The van der Waals surface area contributed by atoms with Gasteiger partial charge in [-0.2, -0.15) is 0 Å². The second kappa shape index (κ2) is 8.43. The van der Waals surface area contributed by atoms with Gasteiger partial charge in [-0.05, 0) is 62.7 Å². The average Bonchev–Trinajstić information content (AvgIpc) is 2.69. The fourth-order valence-corrected chi connectivity index (χ4v) is 2.85. The Balaban J connectivity index is 1.77. The Morgan fingerprint density at radius 3 is 2.43 bits per heavy atom. The van der Waals surface area contributed by atoms with E-state index in [1.165, 1.54) is 6.92 Å². The molecule has 3 rings (SSSR count). The summed E-state index contributed by atoms with van der Waals surface area (Å²) in [4.78, 5) is 26.0. The van der Waals surface area contributed by atoms with Gasteiger partial charge < -0.3 is 10.2 Å². The van der Waals surface area contributed by atoms with E-state index in [-0.39, 0.29) is 17.4 Å². The van der Waals surface area contributed by atoms with Gasteiger partial charge in [0.15, 0.2) is 17.3 Å². The highest BCUT2D eigenvalue weighted by Gasteiger charge is 2.18. The molecular weight excluding hydrogens is 352 g/mol. The summed E-state index contributed by atoms with van der Waals surface area (Å²) in [5.41, 5.74) is 3.53. The predicted octanol–water partition coefficient (Wildman–Crippen LogP) is 4.40. The van der Waals surface area contributed by atoms with Crippen molar-refractivity contribution in [2.75, 3.05) is 16.8 Å². The minimum absolute atomic E-state index is 0.00788. The Bertz CT molecular complexity index is 999. The molecule has 1 amide bonds. The van der Waals surface area contributed by atoms with Crippen LogP contribution in [-0.2, 0) is 0 Å². The lowest BCUT2D eigenvalue weighted by molar-refractivity contribution is 0.0980. The first-order valence-corrected chi connectivity index (χ1v) is 9.08. The number of hydrogen-bond acceptors (Lipinski definition) is 5. The van der Waals surface area contributed by atoms with Gasteiger partial charge in [0.1, 0.15) is 0 Å². The lowest BCUT2D eigenvalue weighted by atomic mass is 10.1. The molecule has 0 fully saturated rings. The number of nitrogens with one attached hydrogen (secondary N) is 1. The Morgan fingerprint density at radius 1 is 1.00 bits per heavy atom. The molecule has 28 heavy (non-hydrogen) atoms. The van der Waals surface area contributed by atoms with E-state index in [2.05, 4.69) is 15.5 Å². The van der Waals surface area contributed by atoms with E-state index in [0.717, 1.165) is 16.9 Å². The molecule has 0 spiro atoms. The third-order valence-electron chi connectivity index (χ3n) is 4.30. The van der Waals surface area contributed by atoms with Gasteiger partial charge in [-0.15, -0.1) is 10.2 Å². The van der Waals surface area contributed by atoms with Crippen LogP contribution in [0.4, 0.5) is 17.2 Å². The fourth-order valence-electron chi connectivity index (χ4n) is 2.85. The maximum atomic E-state index is 12.8. The number of carbonyl (C=O) groups is 2. The molecule has 3 aromatic rings. The van der Waals surface area contributed by atoms with Crippen LogP contribution in [0.1, 0.15) is 40.3 Å². The first-order valence-electron chi connectivity index (χ1n) is 9.08. The van der Waals surface area contributed by atoms with Crippen molar-refractivity contribution in [3.05, 3.63) is 77.5 Å². The SMILES string of the molecule is CCN(C(=O)c1ccc(Nc2cccc(C(C)=O)c2)nn1)c1cccc(C)c1. The second-order valence-electron chi connectivity index (χ2n) is 6.45. The molecule has 1 heterocycles. The van der Waals surface area contributed by atoms with Crippen molar-refractivity contribution in [2.24, 2.45) is 0 Å². The zero-order chi connectivity index (χ0) is 20.1. The van der Waals surface area contributed by atoms with Crippen molar-refractivity contribution in [1.29, 1.82) is 0 Å². The molecule has 6 nitrogen and oxygen atoms in total. The van der Waals surface area contributed by atoms with E-state index >= 15 is 0 Å². The van der Waals surface area contributed by atoms with Crippen molar-refractivity contribution in [1.82, 2.24) is 10.2 Å². The molecule has 2 aromatic carbocycles. The van der Waals surface area contributed by atoms with Crippen molar-refractivity contribution in [2.45, 2.75) is 20.8 Å². The van der Waals surface area contributed by atoms with Gasteiger partial charge in [0.2, 0.25) is 0 Å². The van der Waals surface area contributed by atoms with Crippen LogP contribution in [0.5, 0.6) is 0 Å². The number of anilines is 3. The monoisotopic (exact) mass is 374 g/mol. The number of benzene rings is 2. The first-order chi connectivity index (χ1) is 13.5. The zero-order valence-electron chi connectivity index (χ0n) is 16.1. The highest BCUT2D eigenvalue weighted by atomic mass is 16.2. The number of carbonyl (C=O) groups excluding carboxylic acids is 2. The number of aryl methyl sites for hydroxylation is 1. The lowest BCUT2D eigenvalue weighted by Crippen LogP contribution is -2.31. The van der Waals surface area contributed by atoms with Crippen molar-refractivity contribution >= 4 is 28.9 Å². The number of aromatic nitrogens is 2. The van der Waals surface area contributed by atoms with E-state index in [4.69, 9.17) is 0 Å². The molecule has 0 aliphatic rings. The molecule has 0 aliphatic carbocycles. The summed E-state index contributed by atoms with van der Waals surface area (Å²) in [6.07, 6.45) is 0.